The number of anilines is 1. The second-order valence-corrected chi connectivity index (χ2v) is 5.02. The minimum Gasteiger partial charge on any atom is -0.465 e. The lowest BCUT2D eigenvalue weighted by atomic mass is 10.1. The molecule has 1 aromatic rings. The van der Waals surface area contributed by atoms with Crippen LogP contribution in [0.15, 0.2) is 18.2 Å². The molecule has 0 aliphatic carbocycles. The van der Waals surface area contributed by atoms with Crippen LogP contribution in [0.1, 0.15) is 48.0 Å². The van der Waals surface area contributed by atoms with Crippen LogP contribution in [0.4, 0.5) is 5.69 Å². The molecule has 0 fully saturated rings. The van der Waals surface area contributed by atoms with E-state index in [-0.39, 0.29) is 11.9 Å². The minimum absolute atomic E-state index is 0.00651. The maximum atomic E-state index is 11.8. The number of unbranched alkanes of at least 4 members (excludes halogenated alkanes) is 3. The van der Waals surface area contributed by atoms with Crippen molar-refractivity contribution in [3.05, 3.63) is 29.3 Å². The molecule has 0 saturated heterocycles. The van der Waals surface area contributed by atoms with Crippen molar-refractivity contribution in [2.24, 2.45) is 5.73 Å². The number of rotatable bonds is 8. The molecular formula is C16H24N2O3. The monoisotopic (exact) mass is 292 g/mol. The fourth-order valence-electron chi connectivity index (χ4n) is 2.09. The summed E-state index contributed by atoms with van der Waals surface area (Å²) in [5.74, 6) is -0.377. The highest BCUT2D eigenvalue weighted by Gasteiger charge is 2.10. The third-order valence-electron chi connectivity index (χ3n) is 3.27. The Balaban J connectivity index is 2.46. The van der Waals surface area contributed by atoms with Crippen LogP contribution in [0.2, 0.25) is 0 Å². The normalized spacial score (nSPS) is 10.2. The van der Waals surface area contributed by atoms with E-state index in [4.69, 9.17) is 5.73 Å². The molecule has 0 unspecified atom stereocenters. The van der Waals surface area contributed by atoms with Gasteiger partial charge in [0.1, 0.15) is 0 Å². The number of benzene rings is 1. The molecule has 0 atom stereocenters. The van der Waals surface area contributed by atoms with Crippen LogP contribution in [-0.2, 0) is 9.53 Å². The SMILES string of the molecule is COC(=O)c1ccc(NC(=O)CCCCCCN)cc1C. The van der Waals surface area contributed by atoms with Gasteiger partial charge in [0, 0.05) is 12.1 Å². The van der Waals surface area contributed by atoms with Gasteiger partial charge in [0.05, 0.1) is 12.7 Å². The third kappa shape index (κ3) is 5.95. The first-order chi connectivity index (χ1) is 10.1. The average Bonchev–Trinajstić information content (AvgIpc) is 2.46. The van der Waals surface area contributed by atoms with Gasteiger partial charge in [0.25, 0.3) is 0 Å². The molecule has 1 rings (SSSR count). The molecular weight excluding hydrogens is 268 g/mol. The van der Waals surface area contributed by atoms with Crippen molar-refractivity contribution in [2.75, 3.05) is 19.0 Å². The van der Waals surface area contributed by atoms with E-state index in [0.29, 0.717) is 24.2 Å². The van der Waals surface area contributed by atoms with E-state index in [0.717, 1.165) is 31.2 Å². The average molecular weight is 292 g/mol. The van der Waals surface area contributed by atoms with Crippen LogP contribution < -0.4 is 11.1 Å². The summed E-state index contributed by atoms with van der Waals surface area (Å²) < 4.78 is 4.69. The number of amides is 1. The highest BCUT2D eigenvalue weighted by atomic mass is 16.5. The molecule has 0 bridgehead atoms. The summed E-state index contributed by atoms with van der Waals surface area (Å²) in [6.07, 6.45) is 4.46. The van der Waals surface area contributed by atoms with E-state index in [1.165, 1.54) is 7.11 Å². The van der Waals surface area contributed by atoms with Crippen molar-refractivity contribution in [3.8, 4) is 0 Å². The number of ether oxygens (including phenoxy) is 1. The van der Waals surface area contributed by atoms with Gasteiger partial charge in [-0.1, -0.05) is 12.8 Å². The van der Waals surface area contributed by atoms with Crippen molar-refractivity contribution in [2.45, 2.75) is 39.0 Å². The Hall–Kier alpha value is -1.88. The summed E-state index contributed by atoms with van der Waals surface area (Å²) in [4.78, 5) is 23.3. The van der Waals surface area contributed by atoms with Gasteiger partial charge in [-0.2, -0.15) is 0 Å². The van der Waals surface area contributed by atoms with Gasteiger partial charge in [-0.15, -0.1) is 0 Å². The van der Waals surface area contributed by atoms with E-state index in [2.05, 4.69) is 10.1 Å². The van der Waals surface area contributed by atoms with Crippen molar-refractivity contribution >= 4 is 17.6 Å². The van der Waals surface area contributed by atoms with Gasteiger partial charge < -0.3 is 15.8 Å². The molecule has 5 nitrogen and oxygen atoms in total. The molecule has 116 valence electrons. The second kappa shape index (κ2) is 9.13. The largest absolute Gasteiger partial charge is 0.465 e. The number of aryl methyl sites for hydroxylation is 1. The lowest BCUT2D eigenvalue weighted by Crippen LogP contribution is -2.12. The Bertz CT molecular complexity index is 486. The zero-order valence-electron chi connectivity index (χ0n) is 12.8. The Morgan fingerprint density at radius 3 is 2.52 bits per heavy atom. The van der Waals surface area contributed by atoms with E-state index in [1.54, 1.807) is 18.2 Å². The number of hydrogen-bond donors (Lipinski definition) is 2. The zero-order valence-corrected chi connectivity index (χ0v) is 12.8. The quantitative estimate of drug-likeness (QED) is 0.570. The van der Waals surface area contributed by atoms with Crippen LogP contribution in [0.25, 0.3) is 0 Å². The Morgan fingerprint density at radius 2 is 1.90 bits per heavy atom. The second-order valence-electron chi connectivity index (χ2n) is 5.02. The first kappa shape index (κ1) is 17.2. The van der Waals surface area contributed by atoms with Crippen molar-refractivity contribution in [3.63, 3.8) is 0 Å². The van der Waals surface area contributed by atoms with Crippen LogP contribution in [0.3, 0.4) is 0 Å². The number of hydrogen-bond acceptors (Lipinski definition) is 4. The van der Waals surface area contributed by atoms with Crippen molar-refractivity contribution < 1.29 is 14.3 Å². The molecule has 5 heteroatoms. The number of nitrogens with one attached hydrogen (secondary N) is 1. The van der Waals surface area contributed by atoms with Gasteiger partial charge >= 0.3 is 5.97 Å². The van der Waals surface area contributed by atoms with Crippen molar-refractivity contribution in [1.29, 1.82) is 0 Å². The molecule has 0 aliphatic heterocycles. The first-order valence-electron chi connectivity index (χ1n) is 7.27. The molecule has 1 aromatic carbocycles. The number of methoxy groups -OCH3 is 1. The number of nitrogens with two attached hydrogens (primary N) is 1. The molecule has 0 radical (unpaired) electrons. The van der Waals surface area contributed by atoms with Gasteiger partial charge in [-0.3, -0.25) is 4.79 Å². The smallest absolute Gasteiger partial charge is 0.338 e. The van der Waals surface area contributed by atoms with E-state index in [1.807, 2.05) is 6.92 Å². The van der Waals surface area contributed by atoms with E-state index >= 15 is 0 Å². The number of carbonyl (C=O) groups is 2. The third-order valence-corrected chi connectivity index (χ3v) is 3.27. The van der Waals surface area contributed by atoms with Gasteiger partial charge in [-0.25, -0.2) is 4.79 Å². The van der Waals surface area contributed by atoms with Crippen LogP contribution >= 0.6 is 0 Å². The maximum absolute atomic E-state index is 11.8. The summed E-state index contributed by atoms with van der Waals surface area (Å²) in [6, 6.07) is 5.15. The summed E-state index contributed by atoms with van der Waals surface area (Å²) in [6.45, 7) is 2.52. The maximum Gasteiger partial charge on any atom is 0.338 e. The molecule has 0 aromatic heterocycles. The molecule has 0 heterocycles. The highest BCUT2D eigenvalue weighted by Crippen LogP contribution is 2.16. The molecule has 0 spiro atoms. The fourth-order valence-corrected chi connectivity index (χ4v) is 2.09. The standard InChI is InChI=1S/C16H24N2O3/c1-12-11-13(8-9-14(12)16(20)21-2)18-15(19)7-5-3-4-6-10-17/h8-9,11H,3-7,10,17H2,1-2H3,(H,18,19). The molecule has 1 amide bonds. The van der Waals surface area contributed by atoms with Crippen LogP contribution in [0.5, 0.6) is 0 Å². The predicted molar refractivity (Wildman–Crippen MR) is 83.3 cm³/mol. The van der Waals surface area contributed by atoms with Gasteiger partial charge in [0.15, 0.2) is 0 Å². The lowest BCUT2D eigenvalue weighted by molar-refractivity contribution is -0.116. The minimum atomic E-state index is -0.370. The Kier molecular flexibility index (Phi) is 7.46. The molecule has 21 heavy (non-hydrogen) atoms. The fraction of sp³-hybridized carbons (Fsp3) is 0.500. The summed E-state index contributed by atoms with van der Waals surface area (Å²) in [5, 5.41) is 2.84. The van der Waals surface area contributed by atoms with Crippen LogP contribution in [0, 0.1) is 6.92 Å². The zero-order chi connectivity index (χ0) is 15.7. The highest BCUT2D eigenvalue weighted by molar-refractivity contribution is 5.94. The predicted octanol–water partition coefficient (Wildman–Crippen LogP) is 2.63. The number of esters is 1. The molecule has 3 N–H and O–H groups in total. The summed E-state index contributed by atoms with van der Waals surface area (Å²) in [5.41, 5.74) is 7.41. The first-order valence-corrected chi connectivity index (χ1v) is 7.27. The van der Waals surface area contributed by atoms with E-state index < -0.39 is 0 Å². The lowest BCUT2D eigenvalue weighted by Gasteiger charge is -2.08. The van der Waals surface area contributed by atoms with Crippen LogP contribution in [-0.4, -0.2) is 25.5 Å². The molecule has 0 aliphatic rings. The van der Waals surface area contributed by atoms with Gasteiger partial charge in [0.2, 0.25) is 5.91 Å². The van der Waals surface area contributed by atoms with Crippen molar-refractivity contribution in [1.82, 2.24) is 0 Å². The summed E-state index contributed by atoms with van der Waals surface area (Å²) in [7, 11) is 1.35. The Morgan fingerprint density at radius 1 is 1.19 bits per heavy atom. The van der Waals surface area contributed by atoms with E-state index in [9.17, 15) is 9.59 Å². The topological polar surface area (TPSA) is 81.4 Å². The Labute approximate surface area is 125 Å². The molecule has 0 saturated carbocycles. The van der Waals surface area contributed by atoms with Gasteiger partial charge in [-0.05, 0) is 50.1 Å². The summed E-state index contributed by atoms with van der Waals surface area (Å²) >= 11 is 0. The number of carbonyl (C=O) groups excluding carboxylic acids is 2.